The molecule has 1 aromatic heterocycles. The number of aromatic nitrogens is 3. The highest BCUT2D eigenvalue weighted by Crippen LogP contribution is 2.48. The number of nitrogens with zero attached hydrogens (tertiary/aromatic N) is 3. The van der Waals surface area contributed by atoms with E-state index in [1.165, 1.54) is 30.3 Å². The first-order valence-electron chi connectivity index (χ1n) is 9.92. The lowest BCUT2D eigenvalue weighted by molar-refractivity contribution is -0.275. The van der Waals surface area contributed by atoms with E-state index in [0.717, 1.165) is 13.2 Å². The second kappa shape index (κ2) is 9.17. The van der Waals surface area contributed by atoms with Crippen LogP contribution in [0.15, 0.2) is 36.4 Å². The van der Waals surface area contributed by atoms with Gasteiger partial charge in [-0.25, -0.2) is 0 Å². The van der Waals surface area contributed by atoms with Gasteiger partial charge in [0.05, 0.1) is 19.2 Å². The summed E-state index contributed by atoms with van der Waals surface area (Å²) in [6, 6.07) is 7.18. The van der Waals surface area contributed by atoms with E-state index in [0.29, 0.717) is 4.57 Å². The number of halogens is 7. The quantitative estimate of drug-likeness (QED) is 0.430. The maximum absolute atomic E-state index is 13.8. The maximum Gasteiger partial charge on any atom is 0.573 e. The van der Waals surface area contributed by atoms with Gasteiger partial charge in [0.15, 0.2) is 17.3 Å². The minimum absolute atomic E-state index is 0.0376. The molecule has 0 amide bonds. The van der Waals surface area contributed by atoms with Gasteiger partial charge in [0.25, 0.3) is 0 Å². The van der Waals surface area contributed by atoms with Crippen molar-refractivity contribution >= 4 is 17.6 Å². The zero-order chi connectivity index (χ0) is 26.4. The number of fused-ring (bicyclic) bond motifs is 3. The molecule has 0 saturated heterocycles. The number of methoxy groups -OCH3 is 1. The Bertz CT molecular complexity index is 1310. The Morgan fingerprint density at radius 1 is 1.14 bits per heavy atom. The summed E-state index contributed by atoms with van der Waals surface area (Å²) < 4.78 is 96.0. The minimum atomic E-state index is -5.08. The first-order chi connectivity index (χ1) is 16.8. The van der Waals surface area contributed by atoms with E-state index in [-0.39, 0.29) is 21.8 Å². The summed E-state index contributed by atoms with van der Waals surface area (Å²) in [5, 5.41) is 16.2. The number of aliphatic carboxylic acids is 1. The Hall–Kier alpha value is -3.52. The Kier molecular flexibility index (Phi) is 6.51. The summed E-state index contributed by atoms with van der Waals surface area (Å²) in [6.07, 6.45) is -14.0. The molecule has 2 heterocycles. The van der Waals surface area contributed by atoms with Gasteiger partial charge in [0, 0.05) is 16.1 Å². The average Bonchev–Trinajstić information content (AvgIpc) is 3.16. The summed E-state index contributed by atoms with van der Waals surface area (Å²) in [5.41, 5.74) is -0.302. The number of benzene rings is 2. The highest BCUT2D eigenvalue weighted by molar-refractivity contribution is 6.30. The highest BCUT2D eigenvalue weighted by atomic mass is 35.5. The van der Waals surface area contributed by atoms with E-state index >= 15 is 0 Å². The first kappa shape index (κ1) is 25.6. The molecule has 0 saturated carbocycles. The molecule has 0 bridgehead atoms. The predicted octanol–water partition coefficient (Wildman–Crippen LogP) is 5.48. The second-order valence-electron chi connectivity index (χ2n) is 7.45. The fraction of sp³-hybridized carbons (Fsp3) is 0.286. The van der Waals surface area contributed by atoms with Crippen molar-refractivity contribution in [1.82, 2.24) is 14.8 Å². The van der Waals surface area contributed by atoms with Gasteiger partial charge in [-0.1, -0.05) is 23.7 Å². The third-order valence-corrected chi connectivity index (χ3v) is 5.36. The monoisotopic (exact) mass is 537 g/mol. The van der Waals surface area contributed by atoms with Crippen LogP contribution in [0.3, 0.4) is 0 Å². The molecule has 0 radical (unpaired) electrons. The second-order valence-corrected chi connectivity index (χ2v) is 7.88. The lowest BCUT2D eigenvalue weighted by Gasteiger charge is -2.25. The summed E-state index contributed by atoms with van der Waals surface area (Å²) >= 11 is 6.11. The maximum atomic E-state index is 13.8. The van der Waals surface area contributed by atoms with Crippen molar-refractivity contribution in [3.05, 3.63) is 64.2 Å². The van der Waals surface area contributed by atoms with E-state index in [4.69, 9.17) is 21.1 Å². The zero-order valence-electron chi connectivity index (χ0n) is 17.9. The van der Waals surface area contributed by atoms with Crippen molar-refractivity contribution < 1.29 is 50.5 Å². The lowest BCUT2D eigenvalue weighted by atomic mass is 9.98. The fourth-order valence-electron chi connectivity index (χ4n) is 3.86. The normalized spacial score (nSPS) is 17.7. The number of para-hydroxylation sites is 1. The third kappa shape index (κ3) is 4.91. The van der Waals surface area contributed by atoms with Crippen LogP contribution in [-0.4, -0.2) is 39.3 Å². The third-order valence-electron chi connectivity index (χ3n) is 5.12. The van der Waals surface area contributed by atoms with E-state index < -0.39 is 60.3 Å². The standard InChI is InChI=1S/C21H14ClF6N3O5/c1-34-17-10(3-2-4-13(17)36-21(26,27)28)16-11-7-9(22)5-6-12(11)31-18(14(35-16)8-15(32)33)29-30-19(31)20(23,24)25/h2-7,14,16H,8H2,1H3,(H,32,33)/t14-,16-/m1/s1. The number of carboxylic acids is 1. The minimum Gasteiger partial charge on any atom is -0.492 e. The van der Waals surface area contributed by atoms with E-state index in [9.17, 15) is 36.2 Å². The summed E-state index contributed by atoms with van der Waals surface area (Å²) in [4.78, 5) is 11.5. The van der Waals surface area contributed by atoms with Crippen molar-refractivity contribution in [3.63, 3.8) is 0 Å². The largest absolute Gasteiger partial charge is 0.573 e. The Balaban J connectivity index is 2.00. The Morgan fingerprint density at radius 3 is 2.47 bits per heavy atom. The number of carboxylic acid groups (broad SMARTS) is 1. The van der Waals surface area contributed by atoms with Crippen molar-refractivity contribution in [2.45, 2.75) is 31.2 Å². The van der Waals surface area contributed by atoms with Gasteiger partial charge in [-0.3, -0.25) is 9.36 Å². The van der Waals surface area contributed by atoms with Crippen LogP contribution in [0.4, 0.5) is 26.3 Å². The summed E-state index contributed by atoms with van der Waals surface area (Å²) in [7, 11) is 1.06. The van der Waals surface area contributed by atoms with Crippen LogP contribution >= 0.6 is 11.6 Å². The molecule has 192 valence electrons. The molecule has 3 aromatic rings. The van der Waals surface area contributed by atoms with E-state index in [1.54, 1.807) is 0 Å². The Labute approximate surface area is 203 Å². The molecule has 0 fully saturated rings. The van der Waals surface area contributed by atoms with Crippen molar-refractivity contribution in [1.29, 1.82) is 0 Å². The van der Waals surface area contributed by atoms with Gasteiger partial charge in [0.2, 0.25) is 5.82 Å². The number of carbonyl (C=O) groups is 1. The fourth-order valence-corrected chi connectivity index (χ4v) is 4.05. The average molecular weight is 538 g/mol. The van der Waals surface area contributed by atoms with Crippen LogP contribution in [0.1, 0.15) is 41.4 Å². The van der Waals surface area contributed by atoms with Crippen LogP contribution in [-0.2, 0) is 15.7 Å². The van der Waals surface area contributed by atoms with E-state index in [1.807, 2.05) is 0 Å². The number of alkyl halides is 6. The van der Waals surface area contributed by atoms with Crippen LogP contribution in [0, 0.1) is 0 Å². The van der Waals surface area contributed by atoms with Gasteiger partial charge in [-0.05, 0) is 24.3 Å². The van der Waals surface area contributed by atoms with Crippen LogP contribution in [0.5, 0.6) is 11.5 Å². The molecular formula is C21H14ClF6N3O5. The van der Waals surface area contributed by atoms with E-state index in [2.05, 4.69) is 14.9 Å². The molecule has 15 heteroatoms. The molecule has 1 aliphatic heterocycles. The molecule has 0 unspecified atom stereocenters. The number of ether oxygens (including phenoxy) is 3. The van der Waals surface area contributed by atoms with Crippen molar-refractivity contribution in [2.24, 2.45) is 0 Å². The summed E-state index contributed by atoms with van der Waals surface area (Å²) in [6.45, 7) is 0. The van der Waals surface area contributed by atoms with Crippen LogP contribution in [0.25, 0.3) is 5.69 Å². The first-order valence-corrected chi connectivity index (χ1v) is 10.3. The van der Waals surface area contributed by atoms with Gasteiger partial charge in [-0.15, -0.1) is 23.4 Å². The van der Waals surface area contributed by atoms with Gasteiger partial charge < -0.3 is 19.3 Å². The number of rotatable bonds is 5. The molecule has 1 aliphatic rings. The lowest BCUT2D eigenvalue weighted by Crippen LogP contribution is -2.19. The van der Waals surface area contributed by atoms with Gasteiger partial charge in [-0.2, -0.15) is 13.2 Å². The predicted molar refractivity (Wildman–Crippen MR) is 109 cm³/mol. The molecule has 8 nitrogen and oxygen atoms in total. The topological polar surface area (TPSA) is 95.7 Å². The zero-order valence-corrected chi connectivity index (χ0v) is 18.6. The summed E-state index contributed by atoms with van der Waals surface area (Å²) in [5.74, 6) is -4.55. The molecular weight excluding hydrogens is 524 g/mol. The van der Waals surface area contributed by atoms with Crippen molar-refractivity contribution in [3.8, 4) is 17.2 Å². The molecule has 1 N–H and O–H groups in total. The van der Waals surface area contributed by atoms with Crippen LogP contribution < -0.4 is 9.47 Å². The molecule has 2 atom stereocenters. The van der Waals surface area contributed by atoms with Gasteiger partial charge >= 0.3 is 18.5 Å². The Morgan fingerprint density at radius 2 is 1.86 bits per heavy atom. The SMILES string of the molecule is COc1c(OC(F)(F)F)cccc1[C@H]1O[C@H](CC(=O)O)c2nnc(C(F)(F)F)n2-c2ccc(Cl)cc21. The van der Waals surface area contributed by atoms with Gasteiger partial charge in [0.1, 0.15) is 12.2 Å². The van der Waals surface area contributed by atoms with Crippen molar-refractivity contribution in [2.75, 3.05) is 7.11 Å². The van der Waals surface area contributed by atoms with Crippen LogP contribution in [0.2, 0.25) is 5.02 Å². The molecule has 0 spiro atoms. The highest BCUT2D eigenvalue weighted by Gasteiger charge is 2.44. The molecule has 2 aromatic carbocycles. The molecule has 36 heavy (non-hydrogen) atoms. The molecule has 4 rings (SSSR count). The number of hydrogen-bond donors (Lipinski definition) is 1. The smallest absolute Gasteiger partial charge is 0.492 e. The number of hydrogen-bond acceptors (Lipinski definition) is 6. The molecule has 0 aliphatic carbocycles.